The normalized spacial score (nSPS) is 11.0. The highest BCUT2D eigenvalue weighted by Gasteiger charge is 2.28. The predicted octanol–water partition coefficient (Wildman–Crippen LogP) is 2.76. The lowest BCUT2D eigenvalue weighted by atomic mass is 10.3. The fourth-order valence-corrected chi connectivity index (χ4v) is 4.00. The highest BCUT2D eigenvalue weighted by atomic mass is 32.2. The molecule has 0 spiro atoms. The van der Waals surface area contributed by atoms with E-state index in [0.717, 1.165) is 4.31 Å². The van der Waals surface area contributed by atoms with E-state index in [9.17, 15) is 13.2 Å². The molecule has 1 amide bonds. The Bertz CT molecular complexity index is 816. The Kier molecular flexibility index (Phi) is 6.63. The second kappa shape index (κ2) is 8.71. The van der Waals surface area contributed by atoms with Crippen molar-refractivity contribution in [3.8, 4) is 5.75 Å². The number of amides is 1. The highest BCUT2D eigenvalue weighted by Crippen LogP contribution is 2.25. The van der Waals surface area contributed by atoms with Gasteiger partial charge in [-0.1, -0.05) is 18.2 Å². The van der Waals surface area contributed by atoms with Crippen molar-refractivity contribution in [1.29, 1.82) is 0 Å². The first-order valence-electron chi connectivity index (χ1n) is 8.43. The molecule has 2 rings (SSSR count). The minimum atomic E-state index is -3.89. The molecule has 0 aliphatic carbocycles. The summed E-state index contributed by atoms with van der Waals surface area (Å²) in [6, 6.07) is 14.8. The molecule has 2 aromatic carbocycles. The molecule has 0 bridgehead atoms. The topological polar surface area (TPSA) is 66.9 Å². The zero-order valence-corrected chi connectivity index (χ0v) is 16.1. The zero-order valence-electron chi connectivity index (χ0n) is 15.3. The molecule has 0 aliphatic heterocycles. The van der Waals surface area contributed by atoms with Gasteiger partial charge in [0.05, 0.1) is 17.7 Å². The summed E-state index contributed by atoms with van der Waals surface area (Å²) in [5, 5.41) is 0. The van der Waals surface area contributed by atoms with Crippen LogP contribution in [0.25, 0.3) is 0 Å². The van der Waals surface area contributed by atoms with Crippen LogP contribution in [-0.4, -0.2) is 46.0 Å². The molecule has 140 valence electrons. The molecule has 0 saturated carbocycles. The second-order valence-corrected chi connectivity index (χ2v) is 7.45. The van der Waals surface area contributed by atoms with Gasteiger partial charge in [-0.2, -0.15) is 0 Å². The molecule has 0 saturated heterocycles. The van der Waals surface area contributed by atoms with Crippen molar-refractivity contribution < 1.29 is 17.9 Å². The first kappa shape index (κ1) is 19.8. The summed E-state index contributed by atoms with van der Waals surface area (Å²) in [6.45, 7) is 4.54. The molecule has 0 fully saturated rings. The lowest BCUT2D eigenvalue weighted by Crippen LogP contribution is -2.43. The largest absolute Gasteiger partial charge is 0.497 e. The van der Waals surface area contributed by atoms with Crippen LogP contribution in [0.4, 0.5) is 5.69 Å². The van der Waals surface area contributed by atoms with Crippen LogP contribution in [0, 0.1) is 0 Å². The average Bonchev–Trinajstić information content (AvgIpc) is 2.67. The number of rotatable bonds is 8. The van der Waals surface area contributed by atoms with Crippen molar-refractivity contribution in [3.63, 3.8) is 0 Å². The smallest absolute Gasteiger partial charge is 0.264 e. The number of ether oxygens (including phenoxy) is 1. The summed E-state index contributed by atoms with van der Waals surface area (Å²) >= 11 is 0. The predicted molar refractivity (Wildman–Crippen MR) is 102 cm³/mol. The lowest BCUT2D eigenvalue weighted by Gasteiger charge is -2.27. The average molecular weight is 376 g/mol. The van der Waals surface area contributed by atoms with Crippen molar-refractivity contribution in [1.82, 2.24) is 4.90 Å². The first-order valence-corrected chi connectivity index (χ1v) is 9.87. The summed E-state index contributed by atoms with van der Waals surface area (Å²) in [5.74, 6) is 0.324. The van der Waals surface area contributed by atoms with Gasteiger partial charge in [0.25, 0.3) is 10.0 Å². The van der Waals surface area contributed by atoms with E-state index in [4.69, 9.17) is 4.74 Å². The van der Waals surface area contributed by atoms with E-state index < -0.39 is 10.0 Å². The lowest BCUT2D eigenvalue weighted by molar-refractivity contribution is -0.129. The number of para-hydroxylation sites is 1. The molecule has 0 unspecified atom stereocenters. The molecule has 26 heavy (non-hydrogen) atoms. The molecule has 0 aromatic heterocycles. The van der Waals surface area contributed by atoms with E-state index in [-0.39, 0.29) is 17.3 Å². The van der Waals surface area contributed by atoms with Crippen LogP contribution in [0.3, 0.4) is 0 Å². The van der Waals surface area contributed by atoms with Gasteiger partial charge in [-0.15, -0.1) is 0 Å². The van der Waals surface area contributed by atoms with Gasteiger partial charge in [-0.25, -0.2) is 8.42 Å². The van der Waals surface area contributed by atoms with E-state index >= 15 is 0 Å². The Morgan fingerprint density at radius 2 is 1.54 bits per heavy atom. The zero-order chi connectivity index (χ0) is 19.2. The minimum absolute atomic E-state index is 0.106. The second-order valence-electron chi connectivity index (χ2n) is 5.59. The maximum Gasteiger partial charge on any atom is 0.264 e. The van der Waals surface area contributed by atoms with Crippen molar-refractivity contribution in [2.45, 2.75) is 18.7 Å². The summed E-state index contributed by atoms with van der Waals surface area (Å²) in [6.07, 6.45) is 0. The van der Waals surface area contributed by atoms with Crippen LogP contribution >= 0.6 is 0 Å². The molecule has 0 radical (unpaired) electrons. The number of anilines is 1. The maximum absolute atomic E-state index is 13.2. The standard InChI is InChI=1S/C19H24N2O4S/c1-4-20(5-2)19(22)15-21(16-9-7-6-8-10-16)26(23,24)18-13-11-17(25-3)12-14-18/h6-14H,4-5,15H2,1-3H3. The fraction of sp³-hybridized carbons (Fsp3) is 0.316. The molecule has 2 aromatic rings. The van der Waals surface area contributed by atoms with Crippen LogP contribution in [-0.2, 0) is 14.8 Å². The number of hydrogen-bond donors (Lipinski definition) is 0. The fourth-order valence-electron chi connectivity index (χ4n) is 2.58. The van der Waals surface area contributed by atoms with Gasteiger partial charge >= 0.3 is 0 Å². The number of carbonyl (C=O) groups excluding carboxylic acids is 1. The minimum Gasteiger partial charge on any atom is -0.497 e. The molecule has 0 heterocycles. The number of benzene rings is 2. The molecular weight excluding hydrogens is 352 g/mol. The number of sulfonamides is 1. The van der Waals surface area contributed by atoms with Gasteiger partial charge in [0.15, 0.2) is 0 Å². The quantitative estimate of drug-likeness (QED) is 0.710. The first-order chi connectivity index (χ1) is 12.4. The number of carbonyl (C=O) groups is 1. The van der Waals surface area contributed by atoms with Crippen LogP contribution in [0.15, 0.2) is 59.5 Å². The SMILES string of the molecule is CCN(CC)C(=O)CN(c1ccccc1)S(=O)(=O)c1ccc(OC)cc1. The van der Waals surface area contributed by atoms with Crippen molar-refractivity contribution in [2.75, 3.05) is 31.0 Å². The number of hydrogen-bond acceptors (Lipinski definition) is 4. The van der Waals surface area contributed by atoms with Gasteiger partial charge < -0.3 is 9.64 Å². The van der Waals surface area contributed by atoms with Crippen LogP contribution in [0.2, 0.25) is 0 Å². The van der Waals surface area contributed by atoms with Crippen LogP contribution < -0.4 is 9.04 Å². The Hall–Kier alpha value is -2.54. The molecule has 0 aliphatic rings. The third-order valence-electron chi connectivity index (χ3n) is 4.09. The van der Waals surface area contributed by atoms with Gasteiger partial charge in [-0.05, 0) is 50.2 Å². The van der Waals surface area contributed by atoms with E-state index in [1.54, 1.807) is 47.4 Å². The van der Waals surface area contributed by atoms with Crippen LogP contribution in [0.1, 0.15) is 13.8 Å². The summed E-state index contributed by atoms with van der Waals surface area (Å²) in [4.78, 5) is 14.3. The third kappa shape index (κ3) is 4.35. The number of nitrogens with zero attached hydrogens (tertiary/aromatic N) is 2. The molecule has 6 nitrogen and oxygen atoms in total. The van der Waals surface area contributed by atoms with Crippen LogP contribution in [0.5, 0.6) is 5.75 Å². The van der Waals surface area contributed by atoms with E-state index in [1.807, 2.05) is 13.8 Å². The molecular formula is C19H24N2O4S. The Labute approximate surface area is 155 Å². The Balaban J connectivity index is 2.43. The van der Waals surface area contributed by atoms with Crippen molar-refractivity contribution >= 4 is 21.6 Å². The van der Waals surface area contributed by atoms with E-state index in [2.05, 4.69) is 0 Å². The van der Waals surface area contributed by atoms with Gasteiger partial charge in [-0.3, -0.25) is 9.10 Å². The summed E-state index contributed by atoms with van der Waals surface area (Å²) in [7, 11) is -2.38. The molecule has 0 N–H and O–H groups in total. The van der Waals surface area contributed by atoms with E-state index in [0.29, 0.717) is 24.5 Å². The maximum atomic E-state index is 13.2. The van der Waals surface area contributed by atoms with E-state index in [1.165, 1.54) is 19.2 Å². The summed E-state index contributed by atoms with van der Waals surface area (Å²) in [5.41, 5.74) is 0.448. The van der Waals surface area contributed by atoms with Gasteiger partial charge in [0.2, 0.25) is 5.91 Å². The number of likely N-dealkylation sites (N-methyl/N-ethyl adjacent to an activating group) is 1. The van der Waals surface area contributed by atoms with Gasteiger partial charge in [0, 0.05) is 13.1 Å². The third-order valence-corrected chi connectivity index (χ3v) is 5.87. The number of methoxy groups -OCH3 is 1. The van der Waals surface area contributed by atoms with Crippen molar-refractivity contribution in [3.05, 3.63) is 54.6 Å². The molecule has 0 atom stereocenters. The monoisotopic (exact) mass is 376 g/mol. The van der Waals surface area contributed by atoms with Crippen molar-refractivity contribution in [2.24, 2.45) is 0 Å². The Morgan fingerprint density at radius 3 is 2.04 bits per heavy atom. The Morgan fingerprint density at radius 1 is 0.962 bits per heavy atom. The molecule has 7 heteroatoms. The summed E-state index contributed by atoms with van der Waals surface area (Å²) < 4.78 is 32.6. The highest BCUT2D eigenvalue weighted by molar-refractivity contribution is 7.92. The van der Waals surface area contributed by atoms with Gasteiger partial charge in [0.1, 0.15) is 12.3 Å².